The second kappa shape index (κ2) is 5.83. The lowest BCUT2D eigenvalue weighted by Gasteiger charge is -2.33. The Hall–Kier alpha value is -1.92. The average molecular weight is 302 g/mol. The summed E-state index contributed by atoms with van der Waals surface area (Å²) in [5.41, 5.74) is 6.44. The number of nitrogens with two attached hydrogens (primary N) is 1. The Bertz CT molecular complexity index is 523. The Labute approximate surface area is 120 Å². The molecule has 0 spiro atoms. The van der Waals surface area contributed by atoms with Crippen molar-refractivity contribution in [3.05, 3.63) is 23.8 Å². The van der Waals surface area contributed by atoms with Crippen molar-refractivity contribution in [2.24, 2.45) is 5.92 Å². The number of halogens is 3. The molecule has 21 heavy (non-hydrogen) atoms. The van der Waals surface area contributed by atoms with E-state index >= 15 is 0 Å². The molecule has 116 valence electrons. The molecule has 1 saturated heterocycles. The van der Waals surface area contributed by atoms with Gasteiger partial charge in [-0.3, -0.25) is 4.79 Å². The fourth-order valence-electron chi connectivity index (χ4n) is 2.44. The molecule has 4 nitrogen and oxygen atoms in total. The van der Waals surface area contributed by atoms with Crippen LogP contribution < -0.4 is 10.5 Å². The van der Waals surface area contributed by atoms with Gasteiger partial charge in [0.2, 0.25) is 0 Å². The van der Waals surface area contributed by atoms with Crippen molar-refractivity contribution in [1.29, 1.82) is 0 Å². The molecular formula is C14H17F3N2O2. The quantitative estimate of drug-likeness (QED) is 0.855. The average Bonchev–Trinajstić information content (AvgIpc) is 2.46. The summed E-state index contributed by atoms with van der Waals surface area (Å²) >= 11 is 0. The molecule has 1 fully saturated rings. The Morgan fingerprint density at radius 1 is 1.33 bits per heavy atom. The van der Waals surface area contributed by atoms with Gasteiger partial charge >= 0.3 is 6.18 Å². The van der Waals surface area contributed by atoms with Crippen LogP contribution in [-0.4, -0.2) is 37.2 Å². The number of methoxy groups -OCH3 is 1. The minimum atomic E-state index is -4.18. The van der Waals surface area contributed by atoms with Gasteiger partial charge in [0, 0.05) is 18.7 Å². The molecule has 1 aromatic rings. The van der Waals surface area contributed by atoms with E-state index in [0.29, 0.717) is 17.0 Å². The lowest BCUT2D eigenvalue weighted by Crippen LogP contribution is -2.42. The van der Waals surface area contributed by atoms with E-state index in [9.17, 15) is 18.0 Å². The SMILES string of the molecule is COc1cc(C(=O)N2CCC(C(F)(F)F)CC2)ccc1N. The Kier molecular flexibility index (Phi) is 4.29. The van der Waals surface area contributed by atoms with E-state index in [-0.39, 0.29) is 31.8 Å². The van der Waals surface area contributed by atoms with Crippen LogP contribution in [0, 0.1) is 5.92 Å². The third-order valence-corrected chi connectivity index (χ3v) is 3.73. The maximum atomic E-state index is 12.6. The van der Waals surface area contributed by atoms with E-state index in [1.54, 1.807) is 12.1 Å². The lowest BCUT2D eigenvalue weighted by molar-refractivity contribution is -0.183. The van der Waals surface area contributed by atoms with Gasteiger partial charge in [-0.05, 0) is 31.0 Å². The van der Waals surface area contributed by atoms with Crippen LogP contribution in [0.1, 0.15) is 23.2 Å². The maximum absolute atomic E-state index is 12.6. The normalized spacial score (nSPS) is 16.9. The largest absolute Gasteiger partial charge is 0.495 e. The molecule has 0 saturated carbocycles. The second-order valence-corrected chi connectivity index (χ2v) is 5.06. The van der Waals surface area contributed by atoms with Gasteiger partial charge in [-0.15, -0.1) is 0 Å². The van der Waals surface area contributed by atoms with Gasteiger partial charge in [0.05, 0.1) is 18.7 Å². The molecule has 0 atom stereocenters. The molecule has 1 aliphatic heterocycles. The molecule has 1 aromatic carbocycles. The number of benzene rings is 1. The summed E-state index contributed by atoms with van der Waals surface area (Å²) in [5.74, 6) is -1.23. The Morgan fingerprint density at radius 2 is 1.95 bits per heavy atom. The van der Waals surface area contributed by atoms with Crippen molar-refractivity contribution in [3.63, 3.8) is 0 Å². The lowest BCUT2D eigenvalue weighted by atomic mass is 9.96. The highest BCUT2D eigenvalue weighted by Gasteiger charge is 2.41. The predicted molar refractivity (Wildman–Crippen MR) is 72.1 cm³/mol. The predicted octanol–water partition coefficient (Wildman–Crippen LogP) is 2.69. The number of nitrogen functional groups attached to an aromatic ring is 1. The number of piperidine rings is 1. The summed E-state index contributed by atoms with van der Waals surface area (Å²) in [4.78, 5) is 13.7. The zero-order chi connectivity index (χ0) is 15.6. The fraction of sp³-hybridized carbons (Fsp3) is 0.500. The first-order valence-electron chi connectivity index (χ1n) is 6.62. The van der Waals surface area contributed by atoms with E-state index in [0.717, 1.165) is 0 Å². The van der Waals surface area contributed by atoms with Gasteiger partial charge in [0.15, 0.2) is 0 Å². The van der Waals surface area contributed by atoms with E-state index in [2.05, 4.69) is 0 Å². The van der Waals surface area contributed by atoms with Crippen molar-refractivity contribution in [2.45, 2.75) is 19.0 Å². The van der Waals surface area contributed by atoms with Gasteiger partial charge in [0.1, 0.15) is 5.75 Å². The molecule has 1 heterocycles. The van der Waals surface area contributed by atoms with Gasteiger partial charge in [-0.2, -0.15) is 13.2 Å². The molecule has 0 aliphatic carbocycles. The molecule has 0 aromatic heterocycles. The maximum Gasteiger partial charge on any atom is 0.391 e. The molecule has 0 radical (unpaired) electrons. The molecular weight excluding hydrogens is 285 g/mol. The third kappa shape index (κ3) is 3.40. The minimum Gasteiger partial charge on any atom is -0.495 e. The van der Waals surface area contributed by atoms with Crippen LogP contribution in [0.5, 0.6) is 5.75 Å². The van der Waals surface area contributed by atoms with E-state index < -0.39 is 12.1 Å². The van der Waals surface area contributed by atoms with Crippen LogP contribution in [0.3, 0.4) is 0 Å². The van der Waals surface area contributed by atoms with Crippen LogP contribution in [0.4, 0.5) is 18.9 Å². The summed E-state index contributed by atoms with van der Waals surface area (Å²) in [6.07, 6.45) is -4.29. The number of nitrogens with zero attached hydrogens (tertiary/aromatic N) is 1. The van der Waals surface area contributed by atoms with Crippen LogP contribution in [0.15, 0.2) is 18.2 Å². The zero-order valence-electron chi connectivity index (χ0n) is 11.6. The number of anilines is 1. The van der Waals surface area contributed by atoms with Gasteiger partial charge < -0.3 is 15.4 Å². The molecule has 0 bridgehead atoms. The van der Waals surface area contributed by atoms with Gasteiger partial charge in [0.25, 0.3) is 5.91 Å². The molecule has 1 aliphatic rings. The fourth-order valence-corrected chi connectivity index (χ4v) is 2.44. The molecule has 7 heteroatoms. The first-order chi connectivity index (χ1) is 9.82. The van der Waals surface area contributed by atoms with Crippen molar-refractivity contribution in [2.75, 3.05) is 25.9 Å². The number of ether oxygens (including phenoxy) is 1. The highest BCUT2D eigenvalue weighted by atomic mass is 19.4. The highest BCUT2D eigenvalue weighted by molar-refractivity contribution is 5.95. The summed E-state index contributed by atoms with van der Waals surface area (Å²) in [6, 6.07) is 4.61. The highest BCUT2D eigenvalue weighted by Crippen LogP contribution is 2.34. The van der Waals surface area contributed by atoms with E-state index in [4.69, 9.17) is 10.5 Å². The summed E-state index contributed by atoms with van der Waals surface area (Å²) in [6.45, 7) is 0.214. The Morgan fingerprint density at radius 3 is 2.48 bits per heavy atom. The van der Waals surface area contributed by atoms with Crippen LogP contribution in [0.25, 0.3) is 0 Å². The van der Waals surface area contributed by atoms with Crippen molar-refractivity contribution < 1.29 is 22.7 Å². The number of alkyl halides is 3. The van der Waals surface area contributed by atoms with Crippen molar-refractivity contribution in [1.82, 2.24) is 4.90 Å². The van der Waals surface area contributed by atoms with Crippen molar-refractivity contribution in [3.8, 4) is 5.75 Å². The number of carbonyl (C=O) groups is 1. The minimum absolute atomic E-state index is 0.0542. The number of hydrogen-bond donors (Lipinski definition) is 1. The summed E-state index contributed by atoms with van der Waals surface area (Å²) in [5, 5.41) is 0. The van der Waals surface area contributed by atoms with Gasteiger partial charge in [-0.1, -0.05) is 0 Å². The van der Waals surface area contributed by atoms with E-state index in [1.165, 1.54) is 18.1 Å². The standard InChI is InChI=1S/C14H17F3N2O2/c1-21-12-8-9(2-3-11(12)18)13(20)19-6-4-10(5-7-19)14(15,16)17/h2-3,8,10H,4-7,18H2,1H3. The molecule has 2 N–H and O–H groups in total. The van der Waals surface area contributed by atoms with Crippen LogP contribution >= 0.6 is 0 Å². The number of amides is 1. The second-order valence-electron chi connectivity index (χ2n) is 5.06. The zero-order valence-corrected chi connectivity index (χ0v) is 11.6. The number of carbonyl (C=O) groups excluding carboxylic acids is 1. The number of rotatable bonds is 2. The third-order valence-electron chi connectivity index (χ3n) is 3.73. The van der Waals surface area contributed by atoms with Crippen molar-refractivity contribution >= 4 is 11.6 Å². The number of hydrogen-bond acceptors (Lipinski definition) is 3. The number of likely N-dealkylation sites (tertiary alicyclic amines) is 1. The molecule has 1 amide bonds. The topological polar surface area (TPSA) is 55.6 Å². The van der Waals surface area contributed by atoms with Crippen LogP contribution in [-0.2, 0) is 0 Å². The first kappa shape index (κ1) is 15.5. The monoisotopic (exact) mass is 302 g/mol. The summed E-state index contributed by atoms with van der Waals surface area (Å²) < 4.78 is 42.8. The van der Waals surface area contributed by atoms with Gasteiger partial charge in [-0.25, -0.2) is 0 Å². The first-order valence-corrected chi connectivity index (χ1v) is 6.62. The van der Waals surface area contributed by atoms with Crippen LogP contribution in [0.2, 0.25) is 0 Å². The van der Waals surface area contributed by atoms with E-state index in [1.807, 2.05) is 0 Å². The smallest absolute Gasteiger partial charge is 0.391 e. The molecule has 2 rings (SSSR count). The summed E-state index contributed by atoms with van der Waals surface area (Å²) in [7, 11) is 1.44. The Balaban J connectivity index is 2.05. The molecule has 0 unspecified atom stereocenters.